The highest BCUT2D eigenvalue weighted by Crippen LogP contribution is 2.16. The molecular weight excluding hydrogens is 335 g/mol. The van der Waals surface area contributed by atoms with E-state index in [1.54, 1.807) is 24.3 Å². The fraction of sp³-hybridized carbons (Fsp3) is 0.176. The molecule has 0 unspecified atom stereocenters. The van der Waals surface area contributed by atoms with Crippen molar-refractivity contribution in [3.8, 4) is 5.75 Å². The van der Waals surface area contributed by atoms with Gasteiger partial charge in [0, 0.05) is 5.02 Å². The van der Waals surface area contributed by atoms with Gasteiger partial charge in [0.1, 0.15) is 12.7 Å². The summed E-state index contributed by atoms with van der Waals surface area (Å²) in [6.45, 7) is -0.177. The number of rotatable bonds is 5. The number of hydrogen-bond acceptors (Lipinski definition) is 4. The first-order valence-corrected chi connectivity index (χ1v) is 7.62. The summed E-state index contributed by atoms with van der Waals surface area (Å²) >= 11 is 5.90. The van der Waals surface area contributed by atoms with Crippen LogP contribution in [0.5, 0.6) is 5.75 Å². The van der Waals surface area contributed by atoms with Crippen LogP contribution in [0.4, 0.5) is 4.39 Å². The smallest absolute Gasteiger partial charge is 0.261 e. The van der Waals surface area contributed by atoms with Gasteiger partial charge in [-0.2, -0.15) is 0 Å². The van der Waals surface area contributed by atoms with Crippen molar-refractivity contribution in [1.29, 1.82) is 0 Å². The summed E-state index contributed by atoms with van der Waals surface area (Å²) in [6.07, 6.45) is 0.353. The van der Waals surface area contributed by atoms with Gasteiger partial charge in [0.25, 0.3) is 5.56 Å². The van der Waals surface area contributed by atoms with Crippen molar-refractivity contribution in [2.75, 3.05) is 6.61 Å². The van der Waals surface area contributed by atoms with E-state index in [0.29, 0.717) is 15.9 Å². The molecule has 3 aromatic rings. The van der Waals surface area contributed by atoms with E-state index in [1.807, 2.05) is 0 Å². The van der Waals surface area contributed by atoms with Crippen LogP contribution in [0.15, 0.2) is 53.6 Å². The number of nitrogens with zero attached hydrogens (tertiary/aromatic N) is 2. The molecule has 2 aromatic carbocycles. The second-order valence-electron chi connectivity index (χ2n) is 5.26. The molecule has 5 nitrogen and oxygen atoms in total. The van der Waals surface area contributed by atoms with E-state index in [-0.39, 0.29) is 24.5 Å². The maximum atomic E-state index is 13.5. The summed E-state index contributed by atoms with van der Waals surface area (Å²) in [5.74, 6) is -0.462. The summed E-state index contributed by atoms with van der Waals surface area (Å²) in [5.41, 5.74) is 0.213. The maximum absolute atomic E-state index is 13.5. The highest BCUT2D eigenvalue weighted by atomic mass is 35.5. The summed E-state index contributed by atoms with van der Waals surface area (Å²) < 4.78 is 20.0. The summed E-state index contributed by atoms with van der Waals surface area (Å²) in [7, 11) is 0. The molecule has 124 valence electrons. The van der Waals surface area contributed by atoms with Gasteiger partial charge in [-0.05, 0) is 30.3 Å². The van der Waals surface area contributed by atoms with Crippen LogP contribution in [0.2, 0.25) is 5.02 Å². The Morgan fingerprint density at radius 3 is 2.88 bits per heavy atom. The Labute approximate surface area is 141 Å². The van der Waals surface area contributed by atoms with E-state index in [2.05, 4.69) is 4.98 Å². The number of halogens is 2. The molecule has 0 aliphatic heterocycles. The molecule has 0 fully saturated rings. The largest absolute Gasteiger partial charge is 0.488 e. The highest BCUT2D eigenvalue weighted by Gasteiger charge is 2.11. The van der Waals surface area contributed by atoms with Crippen molar-refractivity contribution in [2.24, 2.45) is 0 Å². The quantitative estimate of drug-likeness (QED) is 0.770. The zero-order valence-electron chi connectivity index (χ0n) is 12.5. The third kappa shape index (κ3) is 3.55. The Bertz CT molecular complexity index is 929. The lowest BCUT2D eigenvalue weighted by Gasteiger charge is -2.14. The Balaban J connectivity index is 1.73. The molecule has 0 radical (unpaired) electrons. The second kappa shape index (κ2) is 6.98. The molecule has 1 aromatic heterocycles. The first-order chi connectivity index (χ1) is 11.5. The van der Waals surface area contributed by atoms with E-state index in [0.717, 1.165) is 0 Å². The molecule has 0 spiro atoms. The predicted octanol–water partition coefficient (Wildman–Crippen LogP) is 2.63. The maximum Gasteiger partial charge on any atom is 0.261 e. The topological polar surface area (TPSA) is 64.4 Å². The normalized spacial score (nSPS) is 12.3. The number of ether oxygens (including phenoxy) is 1. The van der Waals surface area contributed by atoms with E-state index in [9.17, 15) is 14.3 Å². The molecule has 0 aliphatic carbocycles. The first kappa shape index (κ1) is 16.4. The number of aliphatic hydroxyl groups is 1. The third-order valence-corrected chi connectivity index (χ3v) is 3.70. The monoisotopic (exact) mass is 348 g/mol. The molecule has 3 rings (SSSR count). The van der Waals surface area contributed by atoms with Crippen LogP contribution in [-0.4, -0.2) is 27.4 Å². The van der Waals surface area contributed by atoms with Crippen LogP contribution >= 0.6 is 11.6 Å². The van der Waals surface area contributed by atoms with Gasteiger partial charge in [0.15, 0.2) is 11.6 Å². The van der Waals surface area contributed by atoms with Crippen LogP contribution in [-0.2, 0) is 6.54 Å². The molecule has 0 bridgehead atoms. The van der Waals surface area contributed by atoms with Crippen molar-refractivity contribution in [3.05, 3.63) is 70.0 Å². The van der Waals surface area contributed by atoms with Gasteiger partial charge in [0.05, 0.1) is 23.8 Å². The van der Waals surface area contributed by atoms with Gasteiger partial charge >= 0.3 is 0 Å². The average Bonchev–Trinajstić information content (AvgIpc) is 2.57. The fourth-order valence-electron chi connectivity index (χ4n) is 2.29. The minimum absolute atomic E-state index is 0.0251. The van der Waals surface area contributed by atoms with Gasteiger partial charge in [0.2, 0.25) is 0 Å². The SMILES string of the molecule is O=c1c2cc(Cl)ccc2ncn1C[C@H](O)COc1ccccc1F. The molecule has 7 heteroatoms. The second-order valence-corrected chi connectivity index (χ2v) is 5.70. The van der Waals surface area contributed by atoms with E-state index >= 15 is 0 Å². The Kier molecular flexibility index (Phi) is 4.78. The molecule has 1 atom stereocenters. The Hall–Kier alpha value is -2.44. The fourth-order valence-corrected chi connectivity index (χ4v) is 2.46. The van der Waals surface area contributed by atoms with E-state index < -0.39 is 11.9 Å². The minimum atomic E-state index is -0.999. The highest BCUT2D eigenvalue weighted by molar-refractivity contribution is 6.31. The molecule has 0 aliphatic rings. The molecule has 0 saturated carbocycles. The van der Waals surface area contributed by atoms with Crippen molar-refractivity contribution in [3.63, 3.8) is 0 Å². The standard InChI is InChI=1S/C17H14ClFN2O3/c18-11-5-6-15-13(7-11)17(23)21(10-20-15)8-12(22)9-24-16-4-2-1-3-14(16)19/h1-7,10,12,22H,8-9H2/t12-/m0/s1. The average molecular weight is 349 g/mol. The van der Waals surface area contributed by atoms with Gasteiger partial charge in [-0.25, -0.2) is 9.37 Å². The van der Waals surface area contributed by atoms with Crippen molar-refractivity contribution < 1.29 is 14.2 Å². The van der Waals surface area contributed by atoms with Crippen LogP contribution in [0, 0.1) is 5.82 Å². The van der Waals surface area contributed by atoms with Crippen LogP contribution in [0.1, 0.15) is 0 Å². The zero-order valence-corrected chi connectivity index (χ0v) is 13.3. The number of benzene rings is 2. The summed E-state index contributed by atoms with van der Waals surface area (Å²) in [4.78, 5) is 16.6. The van der Waals surface area contributed by atoms with Gasteiger partial charge in [-0.15, -0.1) is 0 Å². The predicted molar refractivity (Wildman–Crippen MR) is 88.9 cm³/mol. The molecule has 1 N–H and O–H groups in total. The van der Waals surface area contributed by atoms with Crippen molar-refractivity contribution in [2.45, 2.75) is 12.6 Å². The van der Waals surface area contributed by atoms with Gasteiger partial charge in [-0.3, -0.25) is 9.36 Å². The van der Waals surface area contributed by atoms with Gasteiger partial charge < -0.3 is 9.84 Å². The molecule has 0 saturated heterocycles. The summed E-state index contributed by atoms with van der Waals surface area (Å²) in [5, 5.41) is 10.8. The van der Waals surface area contributed by atoms with E-state index in [1.165, 1.54) is 29.1 Å². The zero-order chi connectivity index (χ0) is 17.1. The van der Waals surface area contributed by atoms with Gasteiger partial charge in [-0.1, -0.05) is 23.7 Å². The van der Waals surface area contributed by atoms with Crippen molar-refractivity contribution >= 4 is 22.5 Å². The molecule has 1 heterocycles. The lowest BCUT2D eigenvalue weighted by atomic mass is 10.2. The third-order valence-electron chi connectivity index (χ3n) is 3.46. The van der Waals surface area contributed by atoms with Crippen molar-refractivity contribution in [1.82, 2.24) is 9.55 Å². The number of fused-ring (bicyclic) bond motifs is 1. The van der Waals surface area contributed by atoms with Crippen LogP contribution in [0.3, 0.4) is 0 Å². The number of hydrogen-bond donors (Lipinski definition) is 1. The Morgan fingerprint density at radius 1 is 1.29 bits per heavy atom. The lowest BCUT2D eigenvalue weighted by molar-refractivity contribution is 0.0895. The number of aliphatic hydroxyl groups excluding tert-OH is 1. The molecule has 0 amide bonds. The van der Waals surface area contributed by atoms with E-state index in [4.69, 9.17) is 16.3 Å². The minimum Gasteiger partial charge on any atom is -0.488 e. The summed E-state index contributed by atoms with van der Waals surface area (Å²) in [6, 6.07) is 10.7. The first-order valence-electron chi connectivity index (χ1n) is 7.24. The lowest BCUT2D eigenvalue weighted by Crippen LogP contribution is -2.30. The number of aromatic nitrogens is 2. The Morgan fingerprint density at radius 2 is 2.08 bits per heavy atom. The molecule has 24 heavy (non-hydrogen) atoms. The van der Waals surface area contributed by atoms with Crippen LogP contribution in [0.25, 0.3) is 10.9 Å². The van der Waals surface area contributed by atoms with Crippen LogP contribution < -0.4 is 10.3 Å². The number of para-hydroxylation sites is 1. The molecular formula is C17H14ClFN2O3.